The molecule has 1 atom stereocenters. The fourth-order valence-corrected chi connectivity index (χ4v) is 3.01. The summed E-state index contributed by atoms with van der Waals surface area (Å²) in [4.78, 5) is 26.5. The Balaban J connectivity index is 2.26. The van der Waals surface area contributed by atoms with Gasteiger partial charge in [0.15, 0.2) is 0 Å². The van der Waals surface area contributed by atoms with E-state index in [0.29, 0.717) is 30.0 Å². The van der Waals surface area contributed by atoms with Gasteiger partial charge in [0.25, 0.3) is 5.91 Å². The van der Waals surface area contributed by atoms with Gasteiger partial charge in [-0.05, 0) is 17.9 Å². The lowest BCUT2D eigenvalue weighted by molar-refractivity contribution is -0.127. The SMILES string of the molecule is CCC1C(=O)NCCN1C(=O)c1sccc1C#CCO. The Labute approximate surface area is 121 Å². The summed E-state index contributed by atoms with van der Waals surface area (Å²) >= 11 is 1.31. The summed E-state index contributed by atoms with van der Waals surface area (Å²) in [5.41, 5.74) is 0.606. The predicted molar refractivity (Wildman–Crippen MR) is 76.4 cm³/mol. The molecule has 2 amide bonds. The number of hydrogen-bond donors (Lipinski definition) is 2. The molecule has 0 aromatic carbocycles. The van der Waals surface area contributed by atoms with Crippen LogP contribution >= 0.6 is 11.3 Å². The van der Waals surface area contributed by atoms with Crippen LogP contribution in [0.1, 0.15) is 28.6 Å². The lowest BCUT2D eigenvalue weighted by Crippen LogP contribution is -2.56. The summed E-state index contributed by atoms with van der Waals surface area (Å²) in [6.45, 7) is 2.63. The van der Waals surface area contributed by atoms with Gasteiger partial charge < -0.3 is 15.3 Å². The van der Waals surface area contributed by atoms with Crippen molar-refractivity contribution in [2.24, 2.45) is 0 Å². The van der Waals surface area contributed by atoms with Gasteiger partial charge in [-0.3, -0.25) is 9.59 Å². The molecule has 106 valence electrons. The smallest absolute Gasteiger partial charge is 0.265 e. The number of aliphatic hydroxyl groups is 1. The summed E-state index contributed by atoms with van der Waals surface area (Å²) < 4.78 is 0. The van der Waals surface area contributed by atoms with Crippen molar-refractivity contribution >= 4 is 23.2 Å². The molecule has 1 aromatic heterocycles. The minimum absolute atomic E-state index is 0.105. The van der Waals surface area contributed by atoms with Gasteiger partial charge in [-0.1, -0.05) is 18.8 Å². The highest BCUT2D eigenvalue weighted by Crippen LogP contribution is 2.21. The Hall–Kier alpha value is -1.84. The molecule has 2 heterocycles. The Morgan fingerprint density at radius 1 is 1.65 bits per heavy atom. The lowest BCUT2D eigenvalue weighted by Gasteiger charge is -2.34. The molecule has 0 spiro atoms. The van der Waals surface area contributed by atoms with E-state index in [9.17, 15) is 9.59 Å². The topological polar surface area (TPSA) is 69.6 Å². The molecular formula is C14H16N2O3S. The fourth-order valence-electron chi connectivity index (χ4n) is 2.20. The van der Waals surface area contributed by atoms with Crippen LogP contribution in [0, 0.1) is 11.8 Å². The minimum atomic E-state index is -0.419. The van der Waals surface area contributed by atoms with Crippen molar-refractivity contribution < 1.29 is 14.7 Å². The third kappa shape index (κ3) is 2.84. The molecule has 20 heavy (non-hydrogen) atoms. The Kier molecular flexibility index (Phi) is 4.77. The van der Waals surface area contributed by atoms with Crippen LogP contribution in [0.15, 0.2) is 11.4 Å². The van der Waals surface area contributed by atoms with Gasteiger partial charge in [0.05, 0.1) is 0 Å². The van der Waals surface area contributed by atoms with Gasteiger partial charge in [0, 0.05) is 18.7 Å². The van der Waals surface area contributed by atoms with E-state index >= 15 is 0 Å². The third-order valence-corrected chi connectivity index (χ3v) is 4.04. The monoisotopic (exact) mass is 292 g/mol. The first kappa shape index (κ1) is 14.6. The van der Waals surface area contributed by atoms with E-state index in [1.807, 2.05) is 6.92 Å². The van der Waals surface area contributed by atoms with Crippen LogP contribution < -0.4 is 5.32 Å². The number of aliphatic hydroxyl groups excluding tert-OH is 1. The molecule has 0 aliphatic carbocycles. The van der Waals surface area contributed by atoms with E-state index in [1.165, 1.54) is 11.3 Å². The quantitative estimate of drug-likeness (QED) is 0.777. The van der Waals surface area contributed by atoms with Crippen LogP contribution in [-0.2, 0) is 4.79 Å². The van der Waals surface area contributed by atoms with Crippen molar-refractivity contribution in [3.05, 3.63) is 21.9 Å². The molecule has 1 aromatic rings. The first-order valence-corrected chi connectivity index (χ1v) is 7.33. The zero-order valence-corrected chi connectivity index (χ0v) is 12.0. The van der Waals surface area contributed by atoms with E-state index in [-0.39, 0.29) is 18.4 Å². The number of nitrogens with one attached hydrogen (secondary N) is 1. The standard InChI is InChI=1S/C14H16N2O3S/c1-2-11-13(18)15-6-7-16(11)14(19)12-10(4-3-8-17)5-9-20-12/h5,9,11,17H,2,6-8H2,1H3,(H,15,18). The molecule has 6 heteroatoms. The van der Waals surface area contributed by atoms with Crippen LogP contribution in [-0.4, -0.2) is 47.6 Å². The molecule has 1 saturated heterocycles. The van der Waals surface area contributed by atoms with Crippen LogP contribution in [0.3, 0.4) is 0 Å². The Morgan fingerprint density at radius 3 is 3.15 bits per heavy atom. The lowest BCUT2D eigenvalue weighted by atomic mass is 10.1. The number of carbonyl (C=O) groups excluding carboxylic acids is 2. The molecule has 2 rings (SSSR count). The van der Waals surface area contributed by atoms with Gasteiger partial charge in [-0.25, -0.2) is 0 Å². The Morgan fingerprint density at radius 2 is 2.45 bits per heavy atom. The molecule has 0 radical (unpaired) electrons. The number of amides is 2. The van der Waals surface area contributed by atoms with Gasteiger partial charge in [0.1, 0.15) is 17.5 Å². The molecule has 5 nitrogen and oxygen atoms in total. The third-order valence-electron chi connectivity index (χ3n) is 3.14. The second-order valence-electron chi connectivity index (χ2n) is 4.34. The van der Waals surface area contributed by atoms with Gasteiger partial charge in [-0.15, -0.1) is 11.3 Å². The van der Waals surface area contributed by atoms with E-state index in [0.717, 1.165) is 0 Å². The summed E-state index contributed by atoms with van der Waals surface area (Å²) in [6, 6.07) is 1.34. The summed E-state index contributed by atoms with van der Waals surface area (Å²) in [7, 11) is 0. The van der Waals surface area contributed by atoms with Gasteiger partial charge in [0.2, 0.25) is 5.91 Å². The first-order valence-electron chi connectivity index (χ1n) is 6.45. The highest BCUT2D eigenvalue weighted by Gasteiger charge is 2.33. The average molecular weight is 292 g/mol. The van der Waals surface area contributed by atoms with E-state index < -0.39 is 6.04 Å². The molecule has 0 bridgehead atoms. The summed E-state index contributed by atoms with van der Waals surface area (Å²) in [6.07, 6.45) is 0.584. The number of piperazine rings is 1. The Bertz CT molecular complexity index is 570. The zero-order chi connectivity index (χ0) is 14.5. The van der Waals surface area contributed by atoms with Crippen LogP contribution in [0.2, 0.25) is 0 Å². The minimum Gasteiger partial charge on any atom is -0.384 e. The maximum absolute atomic E-state index is 12.6. The van der Waals surface area contributed by atoms with Crippen molar-refractivity contribution in [1.29, 1.82) is 0 Å². The van der Waals surface area contributed by atoms with Crippen molar-refractivity contribution in [3.8, 4) is 11.8 Å². The molecule has 1 unspecified atom stereocenters. The zero-order valence-electron chi connectivity index (χ0n) is 11.2. The second kappa shape index (κ2) is 6.55. The highest BCUT2D eigenvalue weighted by atomic mass is 32.1. The molecule has 1 fully saturated rings. The van der Waals surface area contributed by atoms with Crippen molar-refractivity contribution in [2.45, 2.75) is 19.4 Å². The normalized spacial score (nSPS) is 18.2. The van der Waals surface area contributed by atoms with Crippen molar-refractivity contribution in [2.75, 3.05) is 19.7 Å². The van der Waals surface area contributed by atoms with Crippen LogP contribution in [0.25, 0.3) is 0 Å². The van der Waals surface area contributed by atoms with E-state index in [4.69, 9.17) is 5.11 Å². The van der Waals surface area contributed by atoms with Crippen LogP contribution in [0.5, 0.6) is 0 Å². The van der Waals surface area contributed by atoms with Gasteiger partial charge in [-0.2, -0.15) is 0 Å². The number of thiophene rings is 1. The van der Waals surface area contributed by atoms with Crippen molar-refractivity contribution in [1.82, 2.24) is 10.2 Å². The maximum Gasteiger partial charge on any atom is 0.265 e. The highest BCUT2D eigenvalue weighted by molar-refractivity contribution is 7.12. The number of nitrogens with zero attached hydrogens (tertiary/aromatic N) is 1. The maximum atomic E-state index is 12.6. The van der Waals surface area contributed by atoms with E-state index in [1.54, 1.807) is 16.3 Å². The molecule has 1 aliphatic heterocycles. The molecule has 2 N–H and O–H groups in total. The number of hydrogen-bond acceptors (Lipinski definition) is 4. The van der Waals surface area contributed by atoms with E-state index in [2.05, 4.69) is 17.2 Å². The van der Waals surface area contributed by atoms with Gasteiger partial charge >= 0.3 is 0 Å². The molecular weight excluding hydrogens is 276 g/mol. The second-order valence-corrected chi connectivity index (χ2v) is 5.25. The van der Waals surface area contributed by atoms with Crippen molar-refractivity contribution in [3.63, 3.8) is 0 Å². The number of carbonyl (C=O) groups is 2. The summed E-state index contributed by atoms with van der Waals surface area (Å²) in [5, 5.41) is 13.3. The fraction of sp³-hybridized carbons (Fsp3) is 0.429. The molecule has 0 saturated carbocycles. The van der Waals surface area contributed by atoms with Crippen LogP contribution in [0.4, 0.5) is 0 Å². The number of rotatable bonds is 2. The molecule has 1 aliphatic rings. The summed E-state index contributed by atoms with van der Waals surface area (Å²) in [5.74, 6) is 5.05. The first-order chi connectivity index (χ1) is 9.69. The largest absolute Gasteiger partial charge is 0.384 e. The average Bonchev–Trinajstić information content (AvgIpc) is 2.92. The predicted octanol–water partition coefficient (Wildman–Crippen LogP) is 0.442.